The zero-order valence-corrected chi connectivity index (χ0v) is 11.6. The van der Waals surface area contributed by atoms with Crippen molar-refractivity contribution >= 4 is 17.3 Å². The van der Waals surface area contributed by atoms with Crippen LogP contribution in [0.4, 0.5) is 11.4 Å². The first-order valence-electron chi connectivity index (χ1n) is 6.29. The molecule has 3 N–H and O–H groups in total. The van der Waals surface area contributed by atoms with Gasteiger partial charge in [0.25, 0.3) is 11.6 Å². The van der Waals surface area contributed by atoms with Gasteiger partial charge in [-0.25, -0.2) is 0 Å². The number of amides is 1. The molecule has 1 aromatic heterocycles. The minimum atomic E-state index is -0.574. The third-order valence-corrected chi connectivity index (χ3v) is 3.03. The lowest BCUT2D eigenvalue weighted by molar-refractivity contribution is -0.384. The van der Waals surface area contributed by atoms with Gasteiger partial charge in [-0.15, -0.1) is 0 Å². The van der Waals surface area contributed by atoms with E-state index in [9.17, 15) is 14.9 Å². The number of rotatable bonds is 4. The summed E-state index contributed by atoms with van der Waals surface area (Å²) >= 11 is 0. The van der Waals surface area contributed by atoms with E-state index in [1.807, 2.05) is 0 Å². The standard InChI is InChI=1S/C14H15N3O4/c1-8-3-6-13(21-8)9(2)16-14(18)11-7-10(17(19)20)4-5-12(11)15/h3-7,9H,15H2,1-2H3,(H,16,18). The van der Waals surface area contributed by atoms with Crippen LogP contribution in [0, 0.1) is 17.0 Å². The van der Waals surface area contributed by atoms with E-state index in [1.165, 1.54) is 12.1 Å². The second-order valence-electron chi connectivity index (χ2n) is 4.67. The number of hydrogen-bond acceptors (Lipinski definition) is 5. The number of furan rings is 1. The number of hydrogen-bond donors (Lipinski definition) is 2. The van der Waals surface area contributed by atoms with Crippen LogP contribution in [-0.4, -0.2) is 10.8 Å². The second kappa shape index (κ2) is 5.66. The summed E-state index contributed by atoms with van der Waals surface area (Å²) in [5, 5.41) is 13.4. The van der Waals surface area contributed by atoms with Gasteiger partial charge in [-0.3, -0.25) is 14.9 Å². The largest absolute Gasteiger partial charge is 0.464 e. The van der Waals surface area contributed by atoms with Crippen LogP contribution in [0.25, 0.3) is 0 Å². The lowest BCUT2D eigenvalue weighted by Crippen LogP contribution is -2.27. The number of benzene rings is 1. The molecule has 2 aromatic rings. The molecule has 1 unspecified atom stereocenters. The number of non-ortho nitro benzene ring substituents is 1. The first-order valence-corrected chi connectivity index (χ1v) is 6.29. The highest BCUT2D eigenvalue weighted by Gasteiger charge is 2.18. The summed E-state index contributed by atoms with van der Waals surface area (Å²) < 4.78 is 5.42. The van der Waals surface area contributed by atoms with Crippen molar-refractivity contribution in [3.8, 4) is 0 Å². The van der Waals surface area contributed by atoms with Crippen LogP contribution in [0.3, 0.4) is 0 Å². The Morgan fingerprint density at radius 2 is 2.10 bits per heavy atom. The smallest absolute Gasteiger partial charge is 0.270 e. The monoisotopic (exact) mass is 289 g/mol. The normalized spacial score (nSPS) is 11.9. The lowest BCUT2D eigenvalue weighted by Gasteiger charge is -2.12. The molecule has 0 saturated carbocycles. The highest BCUT2D eigenvalue weighted by atomic mass is 16.6. The molecule has 0 bridgehead atoms. The quantitative estimate of drug-likeness (QED) is 0.510. The molecule has 21 heavy (non-hydrogen) atoms. The van der Waals surface area contributed by atoms with Gasteiger partial charge in [-0.1, -0.05) is 0 Å². The van der Waals surface area contributed by atoms with Gasteiger partial charge in [-0.2, -0.15) is 0 Å². The molecule has 110 valence electrons. The summed E-state index contributed by atoms with van der Waals surface area (Å²) in [5.41, 5.74) is 5.77. The maximum Gasteiger partial charge on any atom is 0.270 e. The topological polar surface area (TPSA) is 111 Å². The lowest BCUT2D eigenvalue weighted by atomic mass is 10.1. The van der Waals surface area contributed by atoms with Crippen molar-refractivity contribution in [3.05, 3.63) is 57.5 Å². The number of nitrogens with zero attached hydrogens (tertiary/aromatic N) is 1. The minimum Gasteiger partial charge on any atom is -0.464 e. The van der Waals surface area contributed by atoms with Crippen molar-refractivity contribution in [2.24, 2.45) is 0 Å². The third-order valence-electron chi connectivity index (χ3n) is 3.03. The maximum atomic E-state index is 12.2. The highest BCUT2D eigenvalue weighted by molar-refractivity contribution is 5.99. The predicted molar refractivity (Wildman–Crippen MR) is 76.8 cm³/mol. The molecule has 7 heteroatoms. The fourth-order valence-electron chi connectivity index (χ4n) is 1.89. The number of nitrogen functional groups attached to an aromatic ring is 1. The number of nitro groups is 1. The van der Waals surface area contributed by atoms with E-state index in [0.29, 0.717) is 5.76 Å². The highest BCUT2D eigenvalue weighted by Crippen LogP contribution is 2.21. The molecule has 0 radical (unpaired) electrons. The summed E-state index contributed by atoms with van der Waals surface area (Å²) in [6.07, 6.45) is 0. The van der Waals surface area contributed by atoms with Crippen LogP contribution in [0.2, 0.25) is 0 Å². The van der Waals surface area contributed by atoms with Gasteiger partial charge in [0.05, 0.1) is 16.5 Å². The number of nitrogens with two attached hydrogens (primary N) is 1. The number of carbonyl (C=O) groups is 1. The van der Waals surface area contributed by atoms with Crippen LogP contribution < -0.4 is 11.1 Å². The summed E-state index contributed by atoms with van der Waals surface area (Å²) in [4.78, 5) is 22.4. The molecule has 1 heterocycles. The van der Waals surface area contributed by atoms with Crippen molar-refractivity contribution in [2.75, 3.05) is 5.73 Å². The van der Waals surface area contributed by atoms with E-state index >= 15 is 0 Å². The molecule has 0 spiro atoms. The van der Waals surface area contributed by atoms with Gasteiger partial charge in [0.15, 0.2) is 0 Å². The van der Waals surface area contributed by atoms with Crippen molar-refractivity contribution in [2.45, 2.75) is 19.9 Å². The summed E-state index contributed by atoms with van der Waals surface area (Å²) in [5.74, 6) is 0.851. The number of nitrogens with one attached hydrogen (secondary N) is 1. The molecule has 0 aliphatic carbocycles. The molecule has 1 amide bonds. The van der Waals surface area contributed by atoms with Crippen molar-refractivity contribution in [1.82, 2.24) is 5.32 Å². The van der Waals surface area contributed by atoms with Crippen molar-refractivity contribution < 1.29 is 14.1 Å². The molecule has 2 rings (SSSR count). The van der Waals surface area contributed by atoms with E-state index in [4.69, 9.17) is 10.2 Å². The molecule has 0 aliphatic rings. The fraction of sp³-hybridized carbons (Fsp3) is 0.214. The first kappa shape index (κ1) is 14.6. The molecule has 1 aromatic carbocycles. The van der Waals surface area contributed by atoms with Gasteiger partial charge >= 0.3 is 0 Å². The van der Waals surface area contributed by atoms with E-state index < -0.39 is 10.8 Å². The van der Waals surface area contributed by atoms with Crippen LogP contribution in [0.1, 0.15) is 34.8 Å². The maximum absolute atomic E-state index is 12.2. The summed E-state index contributed by atoms with van der Waals surface area (Å²) in [6, 6.07) is 6.94. The van der Waals surface area contributed by atoms with Gasteiger partial charge in [-0.05, 0) is 32.0 Å². The first-order chi connectivity index (χ1) is 9.88. The Bertz CT molecular complexity index is 693. The van der Waals surface area contributed by atoms with E-state index in [-0.39, 0.29) is 23.0 Å². The van der Waals surface area contributed by atoms with E-state index in [1.54, 1.807) is 26.0 Å². The Morgan fingerprint density at radius 3 is 2.67 bits per heavy atom. The SMILES string of the molecule is Cc1ccc(C(C)NC(=O)c2cc([N+](=O)[O-])ccc2N)o1. The van der Waals surface area contributed by atoms with Crippen LogP contribution in [0.15, 0.2) is 34.7 Å². The number of carbonyl (C=O) groups excluding carboxylic acids is 1. The summed E-state index contributed by atoms with van der Waals surface area (Å²) in [7, 11) is 0. The average molecular weight is 289 g/mol. The van der Waals surface area contributed by atoms with E-state index in [0.717, 1.165) is 11.8 Å². The van der Waals surface area contributed by atoms with Crippen LogP contribution >= 0.6 is 0 Å². The molecule has 7 nitrogen and oxygen atoms in total. The third kappa shape index (κ3) is 3.19. The Kier molecular flexibility index (Phi) is 3.93. The number of anilines is 1. The number of nitro benzene ring substituents is 1. The zero-order chi connectivity index (χ0) is 15.6. The zero-order valence-electron chi connectivity index (χ0n) is 11.6. The second-order valence-corrected chi connectivity index (χ2v) is 4.67. The molecular formula is C14H15N3O4. The van der Waals surface area contributed by atoms with Crippen molar-refractivity contribution in [1.29, 1.82) is 0 Å². The van der Waals surface area contributed by atoms with Crippen LogP contribution in [-0.2, 0) is 0 Å². The minimum absolute atomic E-state index is 0.0688. The van der Waals surface area contributed by atoms with Crippen molar-refractivity contribution in [3.63, 3.8) is 0 Å². The van der Waals surface area contributed by atoms with Gasteiger partial charge < -0.3 is 15.5 Å². The average Bonchev–Trinajstić information content (AvgIpc) is 2.85. The Labute approximate surface area is 120 Å². The molecule has 0 fully saturated rings. The molecular weight excluding hydrogens is 274 g/mol. The van der Waals surface area contributed by atoms with Crippen LogP contribution in [0.5, 0.6) is 0 Å². The molecule has 1 atom stereocenters. The van der Waals surface area contributed by atoms with Gasteiger partial charge in [0.2, 0.25) is 0 Å². The Balaban J connectivity index is 2.20. The molecule has 0 saturated heterocycles. The molecule has 0 aliphatic heterocycles. The Hall–Kier alpha value is -2.83. The fourth-order valence-corrected chi connectivity index (χ4v) is 1.89. The van der Waals surface area contributed by atoms with E-state index in [2.05, 4.69) is 5.32 Å². The van der Waals surface area contributed by atoms with Gasteiger partial charge in [0, 0.05) is 17.8 Å². The summed E-state index contributed by atoms with van der Waals surface area (Å²) in [6.45, 7) is 3.56. The Morgan fingerprint density at radius 1 is 1.38 bits per heavy atom. The van der Waals surface area contributed by atoms with Gasteiger partial charge in [0.1, 0.15) is 11.5 Å². The predicted octanol–water partition coefficient (Wildman–Crippen LogP) is 2.57. The number of aryl methyl sites for hydroxylation is 1.